The molecule has 1 aliphatic rings. The highest BCUT2D eigenvalue weighted by atomic mass is 35.5. The van der Waals surface area contributed by atoms with Gasteiger partial charge < -0.3 is 14.8 Å². The van der Waals surface area contributed by atoms with Crippen LogP contribution in [0.15, 0.2) is 0 Å². The lowest BCUT2D eigenvalue weighted by Gasteiger charge is -2.20. The molecule has 1 fully saturated rings. The monoisotopic (exact) mass is 287 g/mol. The molecule has 1 aliphatic heterocycles. The normalized spacial score (nSPS) is 18.1. The second kappa shape index (κ2) is 6.70. The molecule has 1 N–H and O–H groups in total. The highest BCUT2D eigenvalue weighted by Gasteiger charge is 2.23. The predicted octanol–water partition coefficient (Wildman–Crippen LogP) is 1.67. The molecule has 0 radical (unpaired) electrons. The Morgan fingerprint density at radius 3 is 2.68 bits per heavy atom. The summed E-state index contributed by atoms with van der Waals surface area (Å²) >= 11 is 6.29. The lowest BCUT2D eigenvalue weighted by Crippen LogP contribution is -2.35. The molecule has 2 heterocycles. The van der Waals surface area contributed by atoms with Crippen LogP contribution < -0.4 is 5.32 Å². The molecule has 1 unspecified atom stereocenters. The zero-order valence-electron chi connectivity index (χ0n) is 11.8. The maximum Gasteiger partial charge on any atom is 0.159 e. The van der Waals surface area contributed by atoms with Gasteiger partial charge in [0.1, 0.15) is 5.15 Å². The van der Waals surface area contributed by atoms with Gasteiger partial charge in [-0.15, -0.1) is 0 Å². The first-order valence-electron chi connectivity index (χ1n) is 6.76. The molecule has 0 saturated carbocycles. The van der Waals surface area contributed by atoms with E-state index < -0.39 is 0 Å². The molecule has 108 valence electrons. The molecule has 6 heteroatoms. The fourth-order valence-corrected chi connectivity index (χ4v) is 2.71. The van der Waals surface area contributed by atoms with E-state index in [-0.39, 0.29) is 12.3 Å². The van der Waals surface area contributed by atoms with E-state index in [4.69, 9.17) is 21.1 Å². The van der Waals surface area contributed by atoms with Crippen LogP contribution in [0.1, 0.15) is 24.6 Å². The first kappa shape index (κ1) is 14.8. The van der Waals surface area contributed by atoms with Crippen molar-refractivity contribution in [2.24, 2.45) is 7.05 Å². The number of aromatic nitrogens is 2. The summed E-state index contributed by atoms with van der Waals surface area (Å²) in [5.41, 5.74) is 2.09. The summed E-state index contributed by atoms with van der Waals surface area (Å²) in [5, 5.41) is 8.53. The van der Waals surface area contributed by atoms with Crippen LogP contribution in [0.2, 0.25) is 5.15 Å². The SMILES string of the molecule is CCNC(Cc1c(C)nn(C)c1Cl)CC1OCCO1. The van der Waals surface area contributed by atoms with Gasteiger partial charge in [-0.3, -0.25) is 4.68 Å². The van der Waals surface area contributed by atoms with Gasteiger partial charge in [0.2, 0.25) is 0 Å². The Morgan fingerprint density at radius 1 is 1.47 bits per heavy atom. The van der Waals surface area contributed by atoms with Gasteiger partial charge in [0.05, 0.1) is 18.9 Å². The van der Waals surface area contributed by atoms with Crippen LogP contribution in [0.25, 0.3) is 0 Å². The molecule has 0 spiro atoms. The molecule has 2 rings (SSSR count). The van der Waals surface area contributed by atoms with E-state index in [0.29, 0.717) is 18.4 Å². The third-order valence-electron chi connectivity index (χ3n) is 3.38. The number of hydrogen-bond acceptors (Lipinski definition) is 4. The summed E-state index contributed by atoms with van der Waals surface area (Å²) in [6.07, 6.45) is 1.58. The van der Waals surface area contributed by atoms with Gasteiger partial charge in [0.25, 0.3) is 0 Å². The zero-order valence-corrected chi connectivity index (χ0v) is 12.5. The molecule has 19 heavy (non-hydrogen) atoms. The van der Waals surface area contributed by atoms with Gasteiger partial charge in [0, 0.05) is 25.1 Å². The molecule has 0 aromatic carbocycles. The summed E-state index contributed by atoms with van der Waals surface area (Å²) in [6, 6.07) is 0.286. The molecular formula is C13H22ClN3O2. The maximum atomic E-state index is 6.29. The Hall–Kier alpha value is -0.620. The number of ether oxygens (including phenoxy) is 2. The summed E-state index contributed by atoms with van der Waals surface area (Å²) in [7, 11) is 1.87. The van der Waals surface area contributed by atoms with Crippen molar-refractivity contribution in [2.45, 2.75) is 39.0 Å². The van der Waals surface area contributed by atoms with Crippen LogP contribution in [-0.4, -0.2) is 41.9 Å². The number of halogens is 1. The van der Waals surface area contributed by atoms with Gasteiger partial charge in [-0.05, 0) is 19.9 Å². The topological polar surface area (TPSA) is 48.3 Å². The number of hydrogen-bond donors (Lipinski definition) is 1. The summed E-state index contributed by atoms with van der Waals surface area (Å²) in [5.74, 6) is 0. The highest BCUT2D eigenvalue weighted by Crippen LogP contribution is 2.22. The lowest BCUT2D eigenvalue weighted by atomic mass is 10.0. The minimum absolute atomic E-state index is 0.0974. The molecule has 0 aliphatic carbocycles. The number of nitrogens with zero attached hydrogens (tertiary/aromatic N) is 2. The van der Waals surface area contributed by atoms with Crippen LogP contribution in [0.5, 0.6) is 0 Å². The van der Waals surface area contributed by atoms with Gasteiger partial charge >= 0.3 is 0 Å². The average molecular weight is 288 g/mol. The van der Waals surface area contributed by atoms with E-state index in [1.54, 1.807) is 4.68 Å². The van der Waals surface area contributed by atoms with Crippen LogP contribution in [0.4, 0.5) is 0 Å². The summed E-state index contributed by atoms with van der Waals surface area (Å²) in [6.45, 7) is 6.38. The molecule has 1 aromatic rings. The van der Waals surface area contributed by atoms with Gasteiger partial charge in [-0.1, -0.05) is 18.5 Å². The molecular weight excluding hydrogens is 266 g/mol. The minimum Gasteiger partial charge on any atom is -0.350 e. The quantitative estimate of drug-likeness (QED) is 0.865. The number of nitrogens with one attached hydrogen (secondary N) is 1. The van der Waals surface area contributed by atoms with E-state index >= 15 is 0 Å². The molecule has 1 aromatic heterocycles. The van der Waals surface area contributed by atoms with Crippen molar-refractivity contribution in [2.75, 3.05) is 19.8 Å². The van der Waals surface area contributed by atoms with Crippen molar-refractivity contribution in [3.05, 3.63) is 16.4 Å². The van der Waals surface area contributed by atoms with Crippen molar-refractivity contribution < 1.29 is 9.47 Å². The smallest absolute Gasteiger partial charge is 0.159 e. The largest absolute Gasteiger partial charge is 0.350 e. The Balaban J connectivity index is 2.02. The fourth-order valence-electron chi connectivity index (χ4n) is 2.46. The lowest BCUT2D eigenvalue weighted by molar-refractivity contribution is -0.0525. The van der Waals surface area contributed by atoms with E-state index in [1.807, 2.05) is 14.0 Å². The summed E-state index contributed by atoms with van der Waals surface area (Å²) < 4.78 is 12.8. The third kappa shape index (κ3) is 3.69. The minimum atomic E-state index is -0.0974. The van der Waals surface area contributed by atoms with Gasteiger partial charge in [-0.25, -0.2) is 0 Å². The van der Waals surface area contributed by atoms with Crippen molar-refractivity contribution in [3.8, 4) is 0 Å². The average Bonchev–Trinajstić information content (AvgIpc) is 2.94. The number of likely N-dealkylation sites (N-methyl/N-ethyl adjacent to an activating group) is 1. The maximum absolute atomic E-state index is 6.29. The molecule has 5 nitrogen and oxygen atoms in total. The molecule has 0 bridgehead atoms. The van der Waals surface area contributed by atoms with Crippen LogP contribution in [0.3, 0.4) is 0 Å². The Labute approximate surface area is 119 Å². The van der Waals surface area contributed by atoms with E-state index in [2.05, 4.69) is 17.3 Å². The van der Waals surface area contributed by atoms with Crippen LogP contribution in [0, 0.1) is 6.92 Å². The molecule has 1 saturated heterocycles. The number of rotatable bonds is 6. The standard InChI is InChI=1S/C13H22ClN3O2/c1-4-15-10(8-12-18-5-6-19-12)7-11-9(2)16-17(3)13(11)14/h10,12,15H,4-8H2,1-3H3. The van der Waals surface area contributed by atoms with E-state index in [1.165, 1.54) is 0 Å². The molecule has 1 atom stereocenters. The first-order chi connectivity index (χ1) is 9.11. The zero-order chi connectivity index (χ0) is 13.8. The number of aryl methyl sites for hydroxylation is 2. The predicted molar refractivity (Wildman–Crippen MR) is 74.4 cm³/mol. The Kier molecular flexibility index (Phi) is 5.21. The Bertz CT molecular complexity index is 416. The van der Waals surface area contributed by atoms with Crippen LogP contribution in [-0.2, 0) is 22.9 Å². The fraction of sp³-hybridized carbons (Fsp3) is 0.769. The third-order valence-corrected chi connectivity index (χ3v) is 3.85. The van der Waals surface area contributed by atoms with Crippen molar-refractivity contribution >= 4 is 11.6 Å². The second-order valence-corrected chi connectivity index (χ2v) is 5.20. The Morgan fingerprint density at radius 2 is 2.16 bits per heavy atom. The summed E-state index contributed by atoms with van der Waals surface area (Å²) in [4.78, 5) is 0. The highest BCUT2D eigenvalue weighted by molar-refractivity contribution is 6.30. The van der Waals surface area contributed by atoms with Crippen LogP contribution >= 0.6 is 11.6 Å². The van der Waals surface area contributed by atoms with Gasteiger partial charge in [-0.2, -0.15) is 5.10 Å². The van der Waals surface area contributed by atoms with Crippen molar-refractivity contribution in [3.63, 3.8) is 0 Å². The van der Waals surface area contributed by atoms with E-state index in [0.717, 1.165) is 30.6 Å². The molecule has 0 amide bonds. The van der Waals surface area contributed by atoms with E-state index in [9.17, 15) is 0 Å². The van der Waals surface area contributed by atoms with Crippen molar-refractivity contribution in [1.82, 2.24) is 15.1 Å². The van der Waals surface area contributed by atoms with Gasteiger partial charge in [0.15, 0.2) is 6.29 Å². The van der Waals surface area contributed by atoms with Crippen molar-refractivity contribution in [1.29, 1.82) is 0 Å². The second-order valence-electron chi connectivity index (χ2n) is 4.84. The first-order valence-corrected chi connectivity index (χ1v) is 7.14.